The minimum Gasteiger partial charge on any atom is -0.378 e. The number of hydrogen-bond donors (Lipinski definition) is 1. The van der Waals surface area contributed by atoms with Gasteiger partial charge in [0.25, 0.3) is 5.91 Å². The lowest BCUT2D eigenvalue weighted by Crippen LogP contribution is -2.41. The van der Waals surface area contributed by atoms with E-state index < -0.39 is 0 Å². The van der Waals surface area contributed by atoms with Gasteiger partial charge >= 0.3 is 0 Å². The summed E-state index contributed by atoms with van der Waals surface area (Å²) in [4.78, 5) is 29.7. The summed E-state index contributed by atoms with van der Waals surface area (Å²) in [6, 6.07) is 21.6. The van der Waals surface area contributed by atoms with E-state index in [0.29, 0.717) is 25.9 Å². The van der Waals surface area contributed by atoms with Gasteiger partial charge in [-0.25, -0.2) is 0 Å². The fraction of sp³-hybridized carbons (Fsp3) is 0.280. The summed E-state index contributed by atoms with van der Waals surface area (Å²) < 4.78 is 0. The smallest absolute Gasteiger partial charge is 0.254 e. The Morgan fingerprint density at radius 1 is 0.900 bits per heavy atom. The van der Waals surface area contributed by atoms with Crippen LogP contribution in [-0.2, 0) is 4.79 Å². The molecule has 4 rings (SSSR count). The topological polar surface area (TPSA) is 52.7 Å². The lowest BCUT2D eigenvalue weighted by molar-refractivity contribution is -0.121. The molecule has 3 aromatic rings. The number of amides is 2. The van der Waals surface area contributed by atoms with Crippen LogP contribution < -0.4 is 10.2 Å². The second-order valence-electron chi connectivity index (χ2n) is 8.02. The zero-order chi connectivity index (χ0) is 21.1. The van der Waals surface area contributed by atoms with Crippen LogP contribution >= 0.6 is 0 Å². The van der Waals surface area contributed by atoms with Crippen LogP contribution in [0.25, 0.3) is 10.8 Å². The maximum absolute atomic E-state index is 13.1. The molecule has 0 bridgehead atoms. The van der Waals surface area contributed by atoms with E-state index >= 15 is 0 Å². The van der Waals surface area contributed by atoms with Crippen molar-refractivity contribution in [2.75, 3.05) is 37.4 Å². The summed E-state index contributed by atoms with van der Waals surface area (Å²) in [5.74, 6) is 0.00453. The molecule has 30 heavy (non-hydrogen) atoms. The molecule has 5 nitrogen and oxygen atoms in total. The maximum Gasteiger partial charge on any atom is 0.254 e. The highest BCUT2D eigenvalue weighted by molar-refractivity contribution is 6.07. The minimum absolute atomic E-state index is 0.0323. The summed E-state index contributed by atoms with van der Waals surface area (Å²) >= 11 is 0. The van der Waals surface area contributed by atoms with E-state index in [9.17, 15) is 9.59 Å². The second-order valence-corrected chi connectivity index (χ2v) is 8.02. The Balaban J connectivity index is 1.37. The summed E-state index contributed by atoms with van der Waals surface area (Å²) in [7, 11) is 3.97. The van der Waals surface area contributed by atoms with E-state index in [4.69, 9.17) is 0 Å². The SMILES string of the molecule is CN(C)c1ccc(NC(=O)C2CCN(C(=O)c3cccc4ccccc34)CC2)cc1. The van der Waals surface area contributed by atoms with Crippen molar-refractivity contribution >= 4 is 34.0 Å². The average molecular weight is 402 g/mol. The highest BCUT2D eigenvalue weighted by Gasteiger charge is 2.28. The fourth-order valence-corrected chi connectivity index (χ4v) is 4.01. The molecule has 0 spiro atoms. The standard InChI is InChI=1S/C25H27N3O2/c1-27(2)21-12-10-20(11-13-21)26-24(29)19-14-16-28(17-15-19)25(30)23-9-5-7-18-6-3-4-8-22(18)23/h3-13,19H,14-17H2,1-2H3,(H,26,29). The molecule has 1 heterocycles. The van der Waals surface area contributed by atoms with E-state index in [1.807, 2.05) is 90.6 Å². The number of hydrogen-bond acceptors (Lipinski definition) is 3. The second kappa shape index (κ2) is 8.57. The number of anilines is 2. The van der Waals surface area contributed by atoms with Gasteiger partial charge in [0.2, 0.25) is 5.91 Å². The number of benzene rings is 3. The van der Waals surface area contributed by atoms with Crippen LogP contribution in [0.1, 0.15) is 23.2 Å². The molecule has 1 aliphatic heterocycles. The van der Waals surface area contributed by atoms with Crippen LogP contribution in [0.4, 0.5) is 11.4 Å². The molecule has 154 valence electrons. The third kappa shape index (κ3) is 4.15. The molecule has 0 saturated carbocycles. The van der Waals surface area contributed by atoms with Crippen LogP contribution in [0.5, 0.6) is 0 Å². The normalized spacial score (nSPS) is 14.5. The van der Waals surface area contributed by atoms with Gasteiger partial charge in [0.05, 0.1) is 0 Å². The van der Waals surface area contributed by atoms with Gasteiger partial charge < -0.3 is 15.1 Å². The monoisotopic (exact) mass is 401 g/mol. The molecule has 3 aromatic carbocycles. The van der Waals surface area contributed by atoms with E-state index in [0.717, 1.165) is 27.7 Å². The van der Waals surface area contributed by atoms with Crippen molar-refractivity contribution < 1.29 is 9.59 Å². The number of carbonyl (C=O) groups excluding carboxylic acids is 2. The van der Waals surface area contributed by atoms with Crippen molar-refractivity contribution in [2.24, 2.45) is 5.92 Å². The molecule has 5 heteroatoms. The molecule has 0 unspecified atom stereocenters. The summed E-state index contributed by atoms with van der Waals surface area (Å²) in [5, 5.41) is 5.06. The average Bonchev–Trinajstić information content (AvgIpc) is 2.78. The van der Waals surface area contributed by atoms with E-state index in [1.165, 1.54) is 0 Å². The zero-order valence-corrected chi connectivity index (χ0v) is 17.5. The van der Waals surface area contributed by atoms with Gasteiger partial charge in [-0.3, -0.25) is 9.59 Å². The third-order valence-corrected chi connectivity index (χ3v) is 5.82. The Morgan fingerprint density at radius 3 is 2.27 bits per heavy atom. The van der Waals surface area contributed by atoms with Crippen LogP contribution in [0.3, 0.4) is 0 Å². The van der Waals surface area contributed by atoms with Crippen LogP contribution in [0.2, 0.25) is 0 Å². The van der Waals surface area contributed by atoms with Gasteiger partial charge in [-0.05, 0) is 53.9 Å². The Bertz CT molecular complexity index is 1050. The van der Waals surface area contributed by atoms with Gasteiger partial charge in [-0.15, -0.1) is 0 Å². The Kier molecular flexibility index (Phi) is 5.70. The molecular formula is C25H27N3O2. The molecular weight excluding hydrogens is 374 g/mol. The van der Waals surface area contributed by atoms with Gasteiger partial charge in [0.1, 0.15) is 0 Å². The molecule has 1 N–H and O–H groups in total. The first-order valence-electron chi connectivity index (χ1n) is 10.4. The van der Waals surface area contributed by atoms with Crippen molar-refractivity contribution in [3.63, 3.8) is 0 Å². The number of piperidine rings is 1. The molecule has 0 atom stereocenters. The predicted octanol–water partition coefficient (Wildman–Crippen LogP) is 4.40. The van der Waals surface area contributed by atoms with Crippen LogP contribution in [0, 0.1) is 5.92 Å². The minimum atomic E-state index is -0.0740. The number of fused-ring (bicyclic) bond motifs is 1. The molecule has 0 aromatic heterocycles. The summed E-state index contributed by atoms with van der Waals surface area (Å²) in [6.45, 7) is 1.19. The summed E-state index contributed by atoms with van der Waals surface area (Å²) in [6.07, 6.45) is 1.36. The first-order chi connectivity index (χ1) is 14.5. The largest absolute Gasteiger partial charge is 0.378 e. The highest BCUT2D eigenvalue weighted by Crippen LogP contribution is 2.25. The van der Waals surface area contributed by atoms with Crippen molar-refractivity contribution in [2.45, 2.75) is 12.8 Å². The van der Waals surface area contributed by atoms with Gasteiger partial charge in [0.15, 0.2) is 0 Å². The number of rotatable bonds is 4. The van der Waals surface area contributed by atoms with Gasteiger partial charge in [0, 0.05) is 50.0 Å². The van der Waals surface area contributed by atoms with E-state index in [1.54, 1.807) is 0 Å². The molecule has 1 aliphatic rings. The predicted molar refractivity (Wildman–Crippen MR) is 122 cm³/mol. The fourth-order valence-electron chi connectivity index (χ4n) is 4.01. The lowest BCUT2D eigenvalue weighted by atomic mass is 9.94. The third-order valence-electron chi connectivity index (χ3n) is 5.82. The van der Waals surface area contributed by atoms with Crippen LogP contribution in [-0.4, -0.2) is 43.9 Å². The number of likely N-dealkylation sites (tertiary alicyclic amines) is 1. The number of nitrogens with one attached hydrogen (secondary N) is 1. The Morgan fingerprint density at radius 2 is 1.57 bits per heavy atom. The molecule has 2 amide bonds. The van der Waals surface area contributed by atoms with E-state index in [2.05, 4.69) is 5.32 Å². The van der Waals surface area contributed by atoms with Gasteiger partial charge in [-0.2, -0.15) is 0 Å². The maximum atomic E-state index is 13.1. The lowest BCUT2D eigenvalue weighted by Gasteiger charge is -2.31. The van der Waals surface area contributed by atoms with Crippen molar-refractivity contribution in [1.29, 1.82) is 0 Å². The molecule has 0 radical (unpaired) electrons. The zero-order valence-electron chi connectivity index (χ0n) is 17.5. The number of carbonyl (C=O) groups is 2. The first kappa shape index (κ1) is 20.0. The van der Waals surface area contributed by atoms with Crippen LogP contribution in [0.15, 0.2) is 66.7 Å². The Hall–Kier alpha value is -3.34. The quantitative estimate of drug-likeness (QED) is 0.705. The number of nitrogens with zero attached hydrogens (tertiary/aromatic N) is 2. The Labute approximate surface area is 177 Å². The van der Waals surface area contributed by atoms with Crippen molar-refractivity contribution in [1.82, 2.24) is 4.90 Å². The van der Waals surface area contributed by atoms with Crippen molar-refractivity contribution in [3.8, 4) is 0 Å². The molecule has 1 fully saturated rings. The molecule has 1 saturated heterocycles. The highest BCUT2D eigenvalue weighted by atomic mass is 16.2. The van der Waals surface area contributed by atoms with E-state index in [-0.39, 0.29) is 17.7 Å². The first-order valence-corrected chi connectivity index (χ1v) is 10.4. The van der Waals surface area contributed by atoms with Gasteiger partial charge in [-0.1, -0.05) is 36.4 Å². The van der Waals surface area contributed by atoms with Crippen molar-refractivity contribution in [3.05, 3.63) is 72.3 Å². The summed E-state index contributed by atoms with van der Waals surface area (Å²) in [5.41, 5.74) is 2.63. The molecule has 0 aliphatic carbocycles.